The molecule has 1 atom stereocenters. The molecule has 1 fully saturated rings. The average molecular weight is 325 g/mol. The average Bonchev–Trinajstić information content (AvgIpc) is 3.21. The Kier molecular flexibility index (Phi) is 3.67. The molecule has 0 saturated carbocycles. The van der Waals surface area contributed by atoms with Crippen molar-refractivity contribution in [2.45, 2.75) is 12.5 Å². The summed E-state index contributed by atoms with van der Waals surface area (Å²) in [5.41, 5.74) is 0. The van der Waals surface area contributed by atoms with Crippen molar-refractivity contribution in [2.24, 2.45) is 0 Å². The van der Waals surface area contributed by atoms with E-state index in [9.17, 15) is 4.79 Å². The van der Waals surface area contributed by atoms with Crippen LogP contribution >= 0.6 is 11.3 Å². The molecule has 0 N–H and O–H groups in total. The summed E-state index contributed by atoms with van der Waals surface area (Å²) in [4.78, 5) is 23.4. The molecule has 23 heavy (non-hydrogen) atoms. The van der Waals surface area contributed by atoms with Gasteiger partial charge in [-0.05, 0) is 17.5 Å². The van der Waals surface area contributed by atoms with Crippen LogP contribution in [0.4, 0.5) is 0 Å². The maximum atomic E-state index is 12.7. The van der Waals surface area contributed by atoms with Gasteiger partial charge in [0.25, 0.3) is 5.91 Å². The number of benzene rings is 1. The lowest BCUT2D eigenvalue weighted by Gasteiger charge is -2.15. The van der Waals surface area contributed by atoms with Crippen LogP contribution in [0.5, 0.6) is 5.88 Å². The van der Waals surface area contributed by atoms with Crippen LogP contribution in [-0.2, 0) is 0 Å². The Morgan fingerprint density at radius 1 is 1.30 bits per heavy atom. The summed E-state index contributed by atoms with van der Waals surface area (Å²) in [6, 6.07) is 10.0. The molecule has 5 nitrogen and oxygen atoms in total. The molecule has 1 saturated heterocycles. The van der Waals surface area contributed by atoms with Crippen LogP contribution < -0.4 is 4.74 Å². The van der Waals surface area contributed by atoms with Crippen LogP contribution in [0.1, 0.15) is 16.1 Å². The lowest BCUT2D eigenvalue weighted by Crippen LogP contribution is -2.30. The number of fused-ring (bicyclic) bond motifs is 1. The molecule has 0 radical (unpaired) electrons. The van der Waals surface area contributed by atoms with Gasteiger partial charge < -0.3 is 9.64 Å². The summed E-state index contributed by atoms with van der Waals surface area (Å²) in [6.45, 7) is 1.29. The van der Waals surface area contributed by atoms with Gasteiger partial charge in [-0.2, -0.15) is 0 Å². The van der Waals surface area contributed by atoms with Gasteiger partial charge in [-0.3, -0.25) is 9.78 Å². The Bertz CT molecular complexity index is 801. The van der Waals surface area contributed by atoms with Crippen molar-refractivity contribution < 1.29 is 9.53 Å². The number of rotatable bonds is 3. The van der Waals surface area contributed by atoms with Crippen LogP contribution in [0.15, 0.2) is 48.9 Å². The standard InChI is InChI=1S/C17H15N3O2S/c21-17(15-9-12-3-1-2-4-14(12)23-15)20-8-5-13(11-20)22-16-10-18-6-7-19-16/h1-4,6-7,9-10,13H,5,8,11H2. The Morgan fingerprint density at radius 3 is 3.04 bits per heavy atom. The second-order valence-corrected chi connectivity index (χ2v) is 6.56. The smallest absolute Gasteiger partial charge is 0.264 e. The molecule has 3 aromatic rings. The van der Waals surface area contributed by atoms with Gasteiger partial charge in [-0.15, -0.1) is 11.3 Å². The third-order valence-corrected chi connectivity index (χ3v) is 5.00. The van der Waals surface area contributed by atoms with Gasteiger partial charge in [-0.25, -0.2) is 4.98 Å². The third-order valence-electron chi connectivity index (χ3n) is 3.90. The molecule has 116 valence electrons. The summed E-state index contributed by atoms with van der Waals surface area (Å²) >= 11 is 1.54. The van der Waals surface area contributed by atoms with E-state index in [-0.39, 0.29) is 12.0 Å². The molecular weight excluding hydrogens is 310 g/mol. The number of likely N-dealkylation sites (tertiary alicyclic amines) is 1. The predicted octanol–water partition coefficient (Wildman–Crippen LogP) is 2.98. The first-order chi connectivity index (χ1) is 11.3. The summed E-state index contributed by atoms with van der Waals surface area (Å²) in [5, 5.41) is 1.12. The number of carbonyl (C=O) groups is 1. The normalized spacial score (nSPS) is 17.6. The fraction of sp³-hybridized carbons (Fsp3) is 0.235. The Labute approximate surface area is 137 Å². The summed E-state index contributed by atoms with van der Waals surface area (Å²) in [6.07, 6.45) is 5.59. The molecule has 2 aromatic heterocycles. The van der Waals surface area contributed by atoms with Gasteiger partial charge in [0.15, 0.2) is 0 Å². The van der Waals surface area contributed by atoms with Crippen molar-refractivity contribution in [1.29, 1.82) is 0 Å². The zero-order valence-corrected chi connectivity index (χ0v) is 13.2. The van der Waals surface area contributed by atoms with Crippen LogP contribution in [0.2, 0.25) is 0 Å². The number of hydrogen-bond donors (Lipinski definition) is 0. The van der Waals surface area contributed by atoms with Gasteiger partial charge in [0.1, 0.15) is 6.10 Å². The molecule has 0 bridgehead atoms. The molecule has 0 aliphatic carbocycles. The zero-order valence-electron chi connectivity index (χ0n) is 12.4. The second-order valence-electron chi connectivity index (χ2n) is 5.47. The third kappa shape index (κ3) is 2.90. The van der Waals surface area contributed by atoms with E-state index in [0.717, 1.165) is 21.4 Å². The van der Waals surface area contributed by atoms with E-state index < -0.39 is 0 Å². The minimum Gasteiger partial charge on any atom is -0.471 e. The molecule has 1 aliphatic rings. The highest BCUT2D eigenvalue weighted by atomic mass is 32.1. The Hall–Kier alpha value is -2.47. The highest BCUT2D eigenvalue weighted by Gasteiger charge is 2.29. The minimum absolute atomic E-state index is 0.0231. The van der Waals surface area contributed by atoms with Gasteiger partial charge >= 0.3 is 0 Å². The summed E-state index contributed by atoms with van der Waals surface area (Å²) in [7, 11) is 0. The van der Waals surface area contributed by atoms with E-state index in [1.807, 2.05) is 35.2 Å². The van der Waals surface area contributed by atoms with Crippen LogP contribution in [0, 0.1) is 0 Å². The highest BCUT2D eigenvalue weighted by molar-refractivity contribution is 7.20. The molecule has 1 aliphatic heterocycles. The van der Waals surface area contributed by atoms with E-state index in [1.54, 1.807) is 29.9 Å². The topological polar surface area (TPSA) is 55.3 Å². The first-order valence-electron chi connectivity index (χ1n) is 7.50. The lowest BCUT2D eigenvalue weighted by molar-refractivity contribution is 0.0776. The van der Waals surface area contributed by atoms with Crippen molar-refractivity contribution in [3.63, 3.8) is 0 Å². The number of hydrogen-bond acceptors (Lipinski definition) is 5. The van der Waals surface area contributed by atoms with E-state index in [0.29, 0.717) is 19.0 Å². The van der Waals surface area contributed by atoms with Crippen LogP contribution in [0.25, 0.3) is 10.1 Å². The Balaban J connectivity index is 1.45. The van der Waals surface area contributed by atoms with Crippen molar-refractivity contribution in [2.75, 3.05) is 13.1 Å². The van der Waals surface area contributed by atoms with Crippen molar-refractivity contribution >= 4 is 27.3 Å². The number of carbonyl (C=O) groups excluding carboxylic acids is 1. The summed E-state index contributed by atoms with van der Waals surface area (Å²) in [5.74, 6) is 0.588. The lowest BCUT2D eigenvalue weighted by atomic mass is 10.2. The van der Waals surface area contributed by atoms with Crippen molar-refractivity contribution in [3.05, 3.63) is 53.8 Å². The molecule has 6 heteroatoms. The van der Waals surface area contributed by atoms with Crippen molar-refractivity contribution in [1.82, 2.24) is 14.9 Å². The molecule has 1 unspecified atom stereocenters. The molecular formula is C17H15N3O2S. The first-order valence-corrected chi connectivity index (χ1v) is 8.32. The largest absolute Gasteiger partial charge is 0.471 e. The maximum Gasteiger partial charge on any atom is 0.264 e. The SMILES string of the molecule is O=C(c1cc2ccccc2s1)N1CCC(Oc2cnccn2)C1. The van der Waals surface area contributed by atoms with Crippen molar-refractivity contribution in [3.8, 4) is 5.88 Å². The molecule has 1 amide bonds. The number of aromatic nitrogens is 2. The van der Waals surface area contributed by atoms with Gasteiger partial charge in [-0.1, -0.05) is 18.2 Å². The fourth-order valence-electron chi connectivity index (χ4n) is 2.77. The molecule has 1 aromatic carbocycles. The zero-order chi connectivity index (χ0) is 15.6. The molecule has 3 heterocycles. The number of ether oxygens (including phenoxy) is 1. The quantitative estimate of drug-likeness (QED) is 0.743. The summed E-state index contributed by atoms with van der Waals surface area (Å²) < 4.78 is 6.93. The Morgan fingerprint density at radius 2 is 2.22 bits per heavy atom. The predicted molar refractivity (Wildman–Crippen MR) is 88.8 cm³/mol. The van der Waals surface area contributed by atoms with Gasteiger partial charge in [0.2, 0.25) is 5.88 Å². The molecule has 0 spiro atoms. The number of amides is 1. The van der Waals surface area contributed by atoms with Crippen LogP contribution in [0.3, 0.4) is 0 Å². The second kappa shape index (κ2) is 5.96. The van der Waals surface area contributed by atoms with Gasteiger partial charge in [0.05, 0.1) is 17.6 Å². The monoisotopic (exact) mass is 325 g/mol. The van der Waals surface area contributed by atoms with Crippen LogP contribution in [-0.4, -0.2) is 40.0 Å². The van der Waals surface area contributed by atoms with Gasteiger partial charge in [0, 0.05) is 30.1 Å². The minimum atomic E-state index is -0.0231. The first kappa shape index (κ1) is 14.1. The van der Waals surface area contributed by atoms with E-state index in [1.165, 1.54) is 0 Å². The fourth-order valence-corrected chi connectivity index (χ4v) is 3.80. The highest BCUT2D eigenvalue weighted by Crippen LogP contribution is 2.27. The van der Waals surface area contributed by atoms with E-state index >= 15 is 0 Å². The molecule has 4 rings (SSSR count). The van der Waals surface area contributed by atoms with E-state index in [2.05, 4.69) is 9.97 Å². The maximum absolute atomic E-state index is 12.7. The number of nitrogens with zero attached hydrogens (tertiary/aromatic N) is 3. The number of thiophene rings is 1. The van der Waals surface area contributed by atoms with E-state index in [4.69, 9.17) is 4.74 Å².